The van der Waals surface area contributed by atoms with Crippen molar-refractivity contribution in [1.82, 2.24) is 5.32 Å². The molecule has 0 aliphatic heterocycles. The molecule has 1 amide bonds. The van der Waals surface area contributed by atoms with Gasteiger partial charge in [0.1, 0.15) is 18.2 Å². The van der Waals surface area contributed by atoms with Gasteiger partial charge < -0.3 is 15.8 Å². The van der Waals surface area contributed by atoms with E-state index in [9.17, 15) is 9.18 Å². The average molecular weight is 309 g/mol. The molecular formula is C15H14ClFN2O2. The monoisotopic (exact) mass is 308 g/mol. The fourth-order valence-electron chi connectivity index (χ4n) is 1.70. The number of anilines is 1. The summed E-state index contributed by atoms with van der Waals surface area (Å²) in [4.78, 5) is 11.8. The van der Waals surface area contributed by atoms with Crippen LogP contribution in [0.2, 0.25) is 5.02 Å². The number of hydrogen-bond donors (Lipinski definition) is 2. The quantitative estimate of drug-likeness (QED) is 0.659. The van der Waals surface area contributed by atoms with Crippen molar-refractivity contribution in [3.05, 3.63) is 58.9 Å². The summed E-state index contributed by atoms with van der Waals surface area (Å²) in [5.41, 5.74) is 6.12. The third kappa shape index (κ3) is 4.36. The Labute approximate surface area is 126 Å². The number of benzene rings is 2. The van der Waals surface area contributed by atoms with Crippen LogP contribution in [-0.4, -0.2) is 19.1 Å². The van der Waals surface area contributed by atoms with Gasteiger partial charge in [0.15, 0.2) is 0 Å². The number of nitrogens with one attached hydrogen (secondary N) is 1. The Hall–Kier alpha value is -2.27. The minimum atomic E-state index is -0.617. The maximum Gasteiger partial charge on any atom is 0.254 e. The largest absolute Gasteiger partial charge is 0.492 e. The van der Waals surface area contributed by atoms with E-state index >= 15 is 0 Å². The molecule has 0 radical (unpaired) electrons. The van der Waals surface area contributed by atoms with Crippen LogP contribution >= 0.6 is 11.6 Å². The molecule has 0 saturated heterocycles. The molecule has 0 unspecified atom stereocenters. The minimum absolute atomic E-state index is 0.0912. The van der Waals surface area contributed by atoms with Gasteiger partial charge in [-0.15, -0.1) is 0 Å². The van der Waals surface area contributed by atoms with Crippen molar-refractivity contribution in [3.8, 4) is 5.75 Å². The third-order valence-electron chi connectivity index (χ3n) is 2.69. The summed E-state index contributed by atoms with van der Waals surface area (Å²) in [6.07, 6.45) is 0. The number of ether oxygens (including phenoxy) is 1. The van der Waals surface area contributed by atoms with Crippen LogP contribution in [0.1, 0.15) is 10.4 Å². The molecule has 0 atom stereocenters. The molecule has 2 aromatic carbocycles. The number of rotatable bonds is 5. The van der Waals surface area contributed by atoms with E-state index in [-0.39, 0.29) is 18.7 Å². The molecule has 0 aliphatic rings. The highest BCUT2D eigenvalue weighted by Crippen LogP contribution is 2.15. The highest BCUT2D eigenvalue weighted by atomic mass is 35.5. The van der Waals surface area contributed by atoms with Crippen LogP contribution in [0.3, 0.4) is 0 Å². The van der Waals surface area contributed by atoms with Crippen LogP contribution in [0.25, 0.3) is 0 Å². The molecule has 0 aromatic heterocycles. The van der Waals surface area contributed by atoms with Gasteiger partial charge in [0.25, 0.3) is 5.91 Å². The van der Waals surface area contributed by atoms with Crippen molar-refractivity contribution in [2.45, 2.75) is 0 Å². The third-order valence-corrected chi connectivity index (χ3v) is 2.92. The Morgan fingerprint density at radius 3 is 2.86 bits per heavy atom. The van der Waals surface area contributed by atoms with Crippen molar-refractivity contribution in [3.63, 3.8) is 0 Å². The second kappa shape index (κ2) is 6.95. The van der Waals surface area contributed by atoms with Gasteiger partial charge in [0, 0.05) is 16.8 Å². The van der Waals surface area contributed by atoms with Crippen molar-refractivity contribution >= 4 is 23.2 Å². The molecule has 0 spiro atoms. The summed E-state index contributed by atoms with van der Waals surface area (Å²) in [5.74, 6) is -0.544. The van der Waals surface area contributed by atoms with Crippen molar-refractivity contribution in [1.29, 1.82) is 0 Å². The lowest BCUT2D eigenvalue weighted by Gasteiger charge is -2.09. The SMILES string of the molecule is Nc1cccc(OCCNC(=O)c2cc(Cl)ccc2F)c1. The molecule has 0 bridgehead atoms. The van der Waals surface area contributed by atoms with Gasteiger partial charge in [-0.25, -0.2) is 4.39 Å². The molecule has 0 heterocycles. The summed E-state index contributed by atoms with van der Waals surface area (Å²) in [7, 11) is 0. The molecule has 3 N–H and O–H groups in total. The number of hydrogen-bond acceptors (Lipinski definition) is 3. The Kier molecular flexibility index (Phi) is 5.00. The summed E-state index contributed by atoms with van der Waals surface area (Å²) < 4.78 is 18.9. The Balaban J connectivity index is 1.83. The van der Waals surface area contributed by atoms with Crippen LogP contribution in [0, 0.1) is 5.82 Å². The highest BCUT2D eigenvalue weighted by Gasteiger charge is 2.11. The minimum Gasteiger partial charge on any atom is -0.492 e. The first-order chi connectivity index (χ1) is 10.1. The normalized spacial score (nSPS) is 10.2. The standard InChI is InChI=1S/C15H14ClFN2O2/c16-10-4-5-14(17)13(8-10)15(20)19-6-7-21-12-3-1-2-11(18)9-12/h1-5,8-9H,6-7,18H2,(H,19,20). The predicted octanol–water partition coefficient (Wildman–Crippen LogP) is 2.87. The van der Waals surface area contributed by atoms with E-state index in [0.717, 1.165) is 6.07 Å². The molecule has 0 saturated carbocycles. The number of carbonyl (C=O) groups excluding carboxylic acids is 1. The second-order valence-corrected chi connectivity index (χ2v) is 4.74. The molecule has 110 valence electrons. The fraction of sp³-hybridized carbons (Fsp3) is 0.133. The second-order valence-electron chi connectivity index (χ2n) is 4.30. The molecule has 4 nitrogen and oxygen atoms in total. The van der Waals surface area contributed by atoms with Gasteiger partial charge in [-0.1, -0.05) is 17.7 Å². The highest BCUT2D eigenvalue weighted by molar-refractivity contribution is 6.30. The summed E-state index contributed by atoms with van der Waals surface area (Å²) in [5, 5.41) is 2.86. The fourth-order valence-corrected chi connectivity index (χ4v) is 1.88. The lowest BCUT2D eigenvalue weighted by atomic mass is 10.2. The first-order valence-corrected chi connectivity index (χ1v) is 6.65. The van der Waals surface area contributed by atoms with Gasteiger partial charge in [-0.2, -0.15) is 0 Å². The molecular weight excluding hydrogens is 295 g/mol. The zero-order valence-electron chi connectivity index (χ0n) is 11.1. The van der Waals surface area contributed by atoms with Crippen molar-refractivity contribution in [2.75, 3.05) is 18.9 Å². The number of amides is 1. The molecule has 6 heteroatoms. The molecule has 0 aliphatic carbocycles. The Morgan fingerprint density at radius 1 is 1.29 bits per heavy atom. The number of nitrogen functional groups attached to an aromatic ring is 1. The first-order valence-electron chi connectivity index (χ1n) is 6.28. The van der Waals surface area contributed by atoms with E-state index in [0.29, 0.717) is 16.5 Å². The zero-order chi connectivity index (χ0) is 15.2. The van der Waals surface area contributed by atoms with Gasteiger partial charge in [-0.3, -0.25) is 4.79 Å². The summed E-state index contributed by atoms with van der Waals surface area (Å²) >= 11 is 5.73. The molecule has 0 fully saturated rings. The van der Waals surface area contributed by atoms with Gasteiger partial charge >= 0.3 is 0 Å². The zero-order valence-corrected chi connectivity index (χ0v) is 11.9. The predicted molar refractivity (Wildman–Crippen MR) is 80.1 cm³/mol. The van der Waals surface area contributed by atoms with E-state index in [1.807, 2.05) is 0 Å². The summed E-state index contributed by atoms with van der Waals surface area (Å²) in [6.45, 7) is 0.483. The van der Waals surface area contributed by atoms with E-state index in [2.05, 4.69) is 5.32 Å². The van der Waals surface area contributed by atoms with Crippen LogP contribution in [0.4, 0.5) is 10.1 Å². The maximum atomic E-state index is 13.5. The van der Waals surface area contributed by atoms with Crippen molar-refractivity contribution < 1.29 is 13.9 Å². The lowest BCUT2D eigenvalue weighted by Crippen LogP contribution is -2.28. The smallest absolute Gasteiger partial charge is 0.254 e. The topological polar surface area (TPSA) is 64.3 Å². The first kappa shape index (κ1) is 15.1. The average Bonchev–Trinajstić information content (AvgIpc) is 2.46. The lowest BCUT2D eigenvalue weighted by molar-refractivity contribution is 0.0943. The van der Waals surface area contributed by atoms with Crippen LogP contribution in [0.15, 0.2) is 42.5 Å². The van der Waals surface area contributed by atoms with Gasteiger partial charge in [0.05, 0.1) is 12.1 Å². The van der Waals surface area contributed by atoms with Crippen molar-refractivity contribution in [2.24, 2.45) is 0 Å². The van der Waals surface area contributed by atoms with Crippen LogP contribution in [-0.2, 0) is 0 Å². The van der Waals surface area contributed by atoms with Gasteiger partial charge in [0.2, 0.25) is 0 Å². The molecule has 21 heavy (non-hydrogen) atoms. The van der Waals surface area contributed by atoms with E-state index < -0.39 is 11.7 Å². The van der Waals surface area contributed by atoms with E-state index in [1.54, 1.807) is 24.3 Å². The number of halogens is 2. The Morgan fingerprint density at radius 2 is 2.10 bits per heavy atom. The van der Waals surface area contributed by atoms with Crippen LogP contribution in [0.5, 0.6) is 5.75 Å². The van der Waals surface area contributed by atoms with E-state index in [4.69, 9.17) is 22.1 Å². The van der Waals surface area contributed by atoms with Crippen LogP contribution < -0.4 is 15.8 Å². The molecule has 2 rings (SSSR count). The van der Waals surface area contributed by atoms with E-state index in [1.165, 1.54) is 12.1 Å². The number of carbonyl (C=O) groups is 1. The van der Waals surface area contributed by atoms with Gasteiger partial charge in [-0.05, 0) is 30.3 Å². The number of nitrogens with two attached hydrogens (primary N) is 1. The summed E-state index contributed by atoms with van der Waals surface area (Å²) in [6, 6.07) is 10.8. The molecule has 2 aromatic rings. The maximum absolute atomic E-state index is 13.5. The Bertz CT molecular complexity index is 649.